The molecular formula is C13H18FNO. The van der Waals surface area contributed by atoms with Gasteiger partial charge in [-0.3, -0.25) is 4.79 Å². The minimum atomic E-state index is -0.432. The molecule has 0 aliphatic carbocycles. The third kappa shape index (κ3) is 2.89. The van der Waals surface area contributed by atoms with E-state index in [2.05, 4.69) is 0 Å². The van der Waals surface area contributed by atoms with Gasteiger partial charge in [-0.1, -0.05) is 32.9 Å². The lowest BCUT2D eigenvalue weighted by molar-refractivity contribution is -0.127. The fourth-order valence-corrected chi connectivity index (χ4v) is 1.61. The maximum Gasteiger partial charge on any atom is 0.146 e. The first-order valence-electron chi connectivity index (χ1n) is 5.36. The Balaban J connectivity index is 2.99. The van der Waals surface area contributed by atoms with Gasteiger partial charge in [-0.2, -0.15) is 0 Å². The maximum atomic E-state index is 12.8. The Morgan fingerprint density at radius 1 is 1.31 bits per heavy atom. The summed E-state index contributed by atoms with van der Waals surface area (Å²) in [5.74, 6) is -0.565. The van der Waals surface area contributed by atoms with Crippen LogP contribution >= 0.6 is 0 Å². The van der Waals surface area contributed by atoms with Crippen molar-refractivity contribution in [2.24, 2.45) is 11.1 Å². The first kappa shape index (κ1) is 12.8. The van der Waals surface area contributed by atoms with Gasteiger partial charge in [0.1, 0.15) is 11.6 Å². The van der Waals surface area contributed by atoms with Gasteiger partial charge in [0.2, 0.25) is 0 Å². The van der Waals surface area contributed by atoms with Crippen LogP contribution in [0, 0.1) is 11.2 Å². The van der Waals surface area contributed by atoms with E-state index in [-0.39, 0.29) is 24.1 Å². The number of hydrogen-bond acceptors (Lipinski definition) is 2. The van der Waals surface area contributed by atoms with E-state index in [1.165, 1.54) is 12.1 Å². The predicted molar refractivity (Wildman–Crippen MR) is 62.7 cm³/mol. The number of halogens is 1. The Bertz CT molecular complexity index is 365. The molecule has 0 aromatic heterocycles. The third-order valence-corrected chi connectivity index (χ3v) is 2.56. The van der Waals surface area contributed by atoms with E-state index in [1.54, 1.807) is 12.1 Å². The van der Waals surface area contributed by atoms with Gasteiger partial charge < -0.3 is 5.73 Å². The molecule has 0 aliphatic rings. The number of Topliss-reactive ketones (excluding diaryl/α,β-unsaturated/α-hetero) is 1. The van der Waals surface area contributed by atoms with Gasteiger partial charge in [0.15, 0.2) is 0 Å². The standard InChI is InChI=1S/C13H18FNO/c1-13(2,3)12(16)11(8-15)9-4-6-10(14)7-5-9/h4-7,11H,8,15H2,1-3H3. The normalized spacial score (nSPS) is 13.6. The fraction of sp³-hybridized carbons (Fsp3) is 0.462. The molecule has 0 saturated heterocycles. The lowest BCUT2D eigenvalue weighted by atomic mass is 9.80. The van der Waals surface area contributed by atoms with E-state index in [1.807, 2.05) is 20.8 Å². The molecular weight excluding hydrogens is 205 g/mol. The molecule has 1 aromatic rings. The Morgan fingerprint density at radius 2 is 1.81 bits per heavy atom. The van der Waals surface area contributed by atoms with Crippen molar-refractivity contribution in [3.05, 3.63) is 35.6 Å². The van der Waals surface area contributed by atoms with Crippen molar-refractivity contribution in [2.75, 3.05) is 6.54 Å². The number of carbonyl (C=O) groups is 1. The van der Waals surface area contributed by atoms with Gasteiger partial charge in [-0.15, -0.1) is 0 Å². The van der Waals surface area contributed by atoms with Crippen LogP contribution in [-0.2, 0) is 4.79 Å². The minimum absolute atomic E-state index is 0.0848. The first-order valence-corrected chi connectivity index (χ1v) is 5.36. The van der Waals surface area contributed by atoms with Crippen LogP contribution < -0.4 is 5.73 Å². The molecule has 3 heteroatoms. The van der Waals surface area contributed by atoms with Gasteiger partial charge in [-0.25, -0.2) is 4.39 Å². The highest BCUT2D eigenvalue weighted by Gasteiger charge is 2.29. The average molecular weight is 223 g/mol. The fourth-order valence-electron chi connectivity index (χ4n) is 1.61. The molecule has 2 N–H and O–H groups in total. The third-order valence-electron chi connectivity index (χ3n) is 2.56. The van der Waals surface area contributed by atoms with Crippen molar-refractivity contribution in [3.63, 3.8) is 0 Å². The molecule has 0 amide bonds. The quantitative estimate of drug-likeness (QED) is 0.855. The van der Waals surface area contributed by atoms with Crippen LogP contribution in [-0.4, -0.2) is 12.3 Å². The lowest BCUT2D eigenvalue weighted by Gasteiger charge is -2.23. The topological polar surface area (TPSA) is 43.1 Å². The number of ketones is 1. The van der Waals surface area contributed by atoms with Crippen LogP contribution in [0.5, 0.6) is 0 Å². The van der Waals surface area contributed by atoms with Crippen LogP contribution in [0.15, 0.2) is 24.3 Å². The number of rotatable bonds is 3. The average Bonchev–Trinajstić information content (AvgIpc) is 2.20. The van der Waals surface area contributed by atoms with E-state index in [9.17, 15) is 9.18 Å². The zero-order chi connectivity index (χ0) is 12.3. The maximum absolute atomic E-state index is 12.8. The summed E-state index contributed by atoms with van der Waals surface area (Å²) in [6.45, 7) is 5.84. The van der Waals surface area contributed by atoms with Crippen molar-refractivity contribution < 1.29 is 9.18 Å². The molecule has 1 atom stereocenters. The molecule has 1 unspecified atom stereocenters. The Morgan fingerprint density at radius 3 is 2.19 bits per heavy atom. The molecule has 0 heterocycles. The molecule has 0 bridgehead atoms. The molecule has 2 nitrogen and oxygen atoms in total. The van der Waals surface area contributed by atoms with E-state index < -0.39 is 5.41 Å². The minimum Gasteiger partial charge on any atom is -0.329 e. The van der Waals surface area contributed by atoms with E-state index in [4.69, 9.17) is 5.73 Å². The van der Waals surface area contributed by atoms with Gasteiger partial charge in [0.25, 0.3) is 0 Å². The van der Waals surface area contributed by atoms with E-state index >= 15 is 0 Å². The highest BCUT2D eigenvalue weighted by atomic mass is 19.1. The Hall–Kier alpha value is -1.22. The number of carbonyl (C=O) groups excluding carboxylic acids is 1. The van der Waals surface area contributed by atoms with Gasteiger partial charge in [0.05, 0.1) is 5.92 Å². The summed E-state index contributed by atoms with van der Waals surface area (Å²) in [6, 6.07) is 5.95. The van der Waals surface area contributed by atoms with E-state index in [0.29, 0.717) is 0 Å². The number of hydrogen-bond donors (Lipinski definition) is 1. The Kier molecular flexibility index (Phi) is 3.81. The Labute approximate surface area is 95.7 Å². The largest absolute Gasteiger partial charge is 0.329 e. The van der Waals surface area contributed by atoms with Crippen molar-refractivity contribution in [3.8, 4) is 0 Å². The van der Waals surface area contributed by atoms with Crippen LogP contribution in [0.2, 0.25) is 0 Å². The second kappa shape index (κ2) is 4.74. The predicted octanol–water partition coefficient (Wildman–Crippen LogP) is 2.48. The number of benzene rings is 1. The molecule has 1 rings (SSSR count). The molecule has 0 radical (unpaired) electrons. The molecule has 88 valence electrons. The smallest absolute Gasteiger partial charge is 0.146 e. The van der Waals surface area contributed by atoms with Gasteiger partial charge in [0, 0.05) is 12.0 Å². The lowest BCUT2D eigenvalue weighted by Crippen LogP contribution is -2.31. The highest BCUT2D eigenvalue weighted by Crippen LogP contribution is 2.26. The summed E-state index contributed by atoms with van der Waals surface area (Å²) >= 11 is 0. The van der Waals surface area contributed by atoms with Crippen LogP contribution in [0.25, 0.3) is 0 Å². The summed E-state index contributed by atoms with van der Waals surface area (Å²) in [7, 11) is 0. The zero-order valence-corrected chi connectivity index (χ0v) is 9.96. The molecule has 0 aliphatic heterocycles. The molecule has 0 fully saturated rings. The van der Waals surface area contributed by atoms with Crippen molar-refractivity contribution in [2.45, 2.75) is 26.7 Å². The summed E-state index contributed by atoms with van der Waals surface area (Å²) in [5, 5.41) is 0. The second-order valence-corrected chi connectivity index (χ2v) is 4.95. The van der Waals surface area contributed by atoms with E-state index in [0.717, 1.165) is 5.56 Å². The van der Waals surface area contributed by atoms with Crippen molar-refractivity contribution in [1.29, 1.82) is 0 Å². The number of nitrogens with two attached hydrogens (primary N) is 1. The SMILES string of the molecule is CC(C)(C)C(=O)C(CN)c1ccc(F)cc1. The van der Waals surface area contributed by atoms with Gasteiger partial charge >= 0.3 is 0 Å². The summed E-state index contributed by atoms with van der Waals surface area (Å²) in [5.41, 5.74) is 5.98. The van der Waals surface area contributed by atoms with Crippen molar-refractivity contribution in [1.82, 2.24) is 0 Å². The summed E-state index contributed by atoms with van der Waals surface area (Å²) in [6.07, 6.45) is 0. The summed E-state index contributed by atoms with van der Waals surface area (Å²) in [4.78, 5) is 12.1. The van der Waals surface area contributed by atoms with Crippen LogP contribution in [0.3, 0.4) is 0 Å². The molecule has 0 spiro atoms. The molecule has 16 heavy (non-hydrogen) atoms. The molecule has 0 saturated carbocycles. The monoisotopic (exact) mass is 223 g/mol. The zero-order valence-electron chi connectivity index (χ0n) is 9.96. The van der Waals surface area contributed by atoms with Crippen LogP contribution in [0.4, 0.5) is 4.39 Å². The molecule has 1 aromatic carbocycles. The van der Waals surface area contributed by atoms with Crippen molar-refractivity contribution >= 4 is 5.78 Å². The van der Waals surface area contributed by atoms with Crippen LogP contribution in [0.1, 0.15) is 32.3 Å². The first-order chi connectivity index (χ1) is 7.36. The highest BCUT2D eigenvalue weighted by molar-refractivity contribution is 5.90. The van der Waals surface area contributed by atoms with Gasteiger partial charge in [-0.05, 0) is 17.7 Å². The second-order valence-electron chi connectivity index (χ2n) is 4.95. The summed E-state index contributed by atoms with van der Waals surface area (Å²) < 4.78 is 12.8.